The van der Waals surface area contributed by atoms with E-state index in [4.69, 9.17) is 0 Å². The van der Waals surface area contributed by atoms with Crippen LogP contribution in [-0.2, 0) is 17.6 Å². The Bertz CT molecular complexity index is 1550. The second-order valence-electron chi connectivity index (χ2n) is 8.01. The van der Waals surface area contributed by atoms with Gasteiger partial charge in [-0.05, 0) is 35.4 Å². The summed E-state index contributed by atoms with van der Waals surface area (Å²) >= 11 is 0. The van der Waals surface area contributed by atoms with Crippen LogP contribution in [0.5, 0.6) is 0 Å². The summed E-state index contributed by atoms with van der Waals surface area (Å²) in [5, 5.41) is 16.8. The summed E-state index contributed by atoms with van der Waals surface area (Å²) < 4.78 is 14.7. The third-order valence-electron chi connectivity index (χ3n) is 5.48. The van der Waals surface area contributed by atoms with Crippen LogP contribution < -0.4 is 5.32 Å². The molecule has 0 aliphatic rings. The Morgan fingerprint density at radius 1 is 0.971 bits per heavy atom. The molecule has 7 nitrogen and oxygen atoms in total. The number of aromatic nitrogens is 4. The molecule has 5 rings (SSSR count). The monoisotopic (exact) mass is 462 g/mol. The summed E-state index contributed by atoms with van der Waals surface area (Å²) in [6.45, 7) is 0. The van der Waals surface area contributed by atoms with Crippen LogP contribution in [0.15, 0.2) is 85.2 Å². The molecular weight excluding hydrogens is 443 g/mol. The third kappa shape index (κ3) is 5.04. The third-order valence-corrected chi connectivity index (χ3v) is 5.48. The molecule has 0 aliphatic carbocycles. The number of anilines is 2. The number of hydrogen-bond acceptors (Lipinski definition) is 6. The van der Waals surface area contributed by atoms with Crippen molar-refractivity contribution in [3.63, 3.8) is 0 Å². The van der Waals surface area contributed by atoms with Gasteiger partial charge in [0.15, 0.2) is 5.65 Å². The van der Waals surface area contributed by atoms with Gasteiger partial charge in [0.2, 0.25) is 5.95 Å². The largest absolute Gasteiger partial charge is 0.322 e. The van der Waals surface area contributed by atoms with Crippen LogP contribution in [0.3, 0.4) is 0 Å². The number of hydrogen-bond donors (Lipinski definition) is 1. The summed E-state index contributed by atoms with van der Waals surface area (Å²) in [5.74, 6) is 0.109. The van der Waals surface area contributed by atoms with Gasteiger partial charge in [-0.3, -0.25) is 9.78 Å². The van der Waals surface area contributed by atoms with E-state index in [0.29, 0.717) is 35.0 Å². The second kappa shape index (κ2) is 9.53. The predicted octanol–water partition coefficient (Wildman–Crippen LogP) is 4.90. The van der Waals surface area contributed by atoms with Gasteiger partial charge in [0.25, 0.3) is 0 Å². The van der Waals surface area contributed by atoms with Crippen molar-refractivity contribution in [3.05, 3.63) is 108 Å². The maximum absolute atomic E-state index is 13.0. The van der Waals surface area contributed by atoms with Gasteiger partial charge < -0.3 is 5.32 Å². The first-order valence-corrected chi connectivity index (χ1v) is 10.9. The van der Waals surface area contributed by atoms with Crippen molar-refractivity contribution < 1.29 is 9.18 Å². The number of nitriles is 1. The summed E-state index contributed by atoms with van der Waals surface area (Å²) in [7, 11) is 0. The maximum atomic E-state index is 13.0. The molecule has 3 aromatic carbocycles. The summed E-state index contributed by atoms with van der Waals surface area (Å²) in [6, 6.07) is 22.9. The van der Waals surface area contributed by atoms with Crippen LogP contribution in [0.1, 0.15) is 16.7 Å². The highest BCUT2D eigenvalue weighted by Gasteiger charge is 2.10. The molecule has 0 bridgehead atoms. The quantitative estimate of drug-likeness (QED) is 0.370. The number of nitrogens with zero attached hydrogens (tertiary/aromatic N) is 5. The van der Waals surface area contributed by atoms with Crippen molar-refractivity contribution in [1.82, 2.24) is 19.6 Å². The van der Waals surface area contributed by atoms with E-state index in [2.05, 4.69) is 26.5 Å². The van der Waals surface area contributed by atoms with E-state index in [1.807, 2.05) is 30.3 Å². The number of benzene rings is 3. The van der Waals surface area contributed by atoms with E-state index in [-0.39, 0.29) is 18.0 Å². The topological polar surface area (TPSA) is 96.0 Å². The Hall–Kier alpha value is -4.90. The molecule has 0 saturated heterocycles. The predicted molar refractivity (Wildman–Crippen MR) is 129 cm³/mol. The number of para-hydroxylation sites is 1. The van der Waals surface area contributed by atoms with Crippen molar-refractivity contribution >= 4 is 23.1 Å². The van der Waals surface area contributed by atoms with Crippen molar-refractivity contribution in [1.29, 1.82) is 5.26 Å². The van der Waals surface area contributed by atoms with Gasteiger partial charge in [0.05, 0.1) is 29.3 Å². The molecule has 170 valence electrons. The molecule has 0 fully saturated rings. The first-order valence-electron chi connectivity index (χ1n) is 10.9. The van der Waals surface area contributed by atoms with Crippen molar-refractivity contribution in [2.75, 3.05) is 5.32 Å². The zero-order valence-corrected chi connectivity index (χ0v) is 18.5. The molecule has 2 heterocycles. The molecule has 0 radical (unpaired) electrons. The molecule has 0 atom stereocenters. The van der Waals surface area contributed by atoms with E-state index >= 15 is 0 Å². The van der Waals surface area contributed by atoms with Crippen LogP contribution in [0.25, 0.3) is 16.9 Å². The highest BCUT2D eigenvalue weighted by atomic mass is 19.1. The zero-order valence-electron chi connectivity index (χ0n) is 18.5. The Labute approximate surface area is 200 Å². The SMILES string of the molecule is N#Cc1ccccc1Nc1nc2cnc(-c3ccc(CC(=O)Cc4ccc(F)cc4)cc3)cn2n1. The van der Waals surface area contributed by atoms with Crippen molar-refractivity contribution in [3.8, 4) is 17.3 Å². The summed E-state index contributed by atoms with van der Waals surface area (Å²) in [5.41, 5.74) is 4.96. The Balaban J connectivity index is 1.29. The first kappa shape index (κ1) is 21.9. The van der Waals surface area contributed by atoms with Crippen LogP contribution in [0, 0.1) is 17.1 Å². The van der Waals surface area contributed by atoms with Gasteiger partial charge >= 0.3 is 0 Å². The van der Waals surface area contributed by atoms with Gasteiger partial charge in [-0.15, -0.1) is 5.10 Å². The minimum absolute atomic E-state index is 0.0597. The fraction of sp³-hybridized carbons (Fsp3) is 0.0741. The molecule has 2 aromatic heterocycles. The van der Waals surface area contributed by atoms with E-state index in [1.165, 1.54) is 12.1 Å². The van der Waals surface area contributed by atoms with Crippen LogP contribution in [-0.4, -0.2) is 25.4 Å². The van der Waals surface area contributed by atoms with Crippen LogP contribution >= 0.6 is 0 Å². The summed E-state index contributed by atoms with van der Waals surface area (Å²) in [4.78, 5) is 21.3. The average Bonchev–Trinajstić information content (AvgIpc) is 3.28. The van der Waals surface area contributed by atoms with E-state index in [9.17, 15) is 14.4 Å². The lowest BCUT2D eigenvalue weighted by atomic mass is 10.0. The lowest BCUT2D eigenvalue weighted by Gasteiger charge is -2.05. The fourth-order valence-electron chi connectivity index (χ4n) is 3.72. The molecule has 8 heteroatoms. The van der Waals surface area contributed by atoms with Gasteiger partial charge in [0.1, 0.15) is 17.7 Å². The van der Waals surface area contributed by atoms with E-state index in [0.717, 1.165) is 16.7 Å². The van der Waals surface area contributed by atoms with E-state index in [1.54, 1.807) is 47.2 Å². The molecule has 0 saturated carbocycles. The van der Waals surface area contributed by atoms with Crippen molar-refractivity contribution in [2.45, 2.75) is 12.8 Å². The standard InChI is InChI=1S/C27H19FN6O/c28-22-11-7-19(8-12-22)14-23(35)13-18-5-9-20(10-6-18)25-17-34-26(16-30-25)32-27(33-34)31-24-4-2-1-3-21(24)15-29/h1-12,16-17H,13-14H2,(H,31,33). The van der Waals surface area contributed by atoms with Gasteiger partial charge in [-0.2, -0.15) is 10.2 Å². The minimum Gasteiger partial charge on any atom is -0.322 e. The van der Waals surface area contributed by atoms with Crippen LogP contribution in [0.2, 0.25) is 0 Å². The smallest absolute Gasteiger partial charge is 0.247 e. The van der Waals surface area contributed by atoms with Gasteiger partial charge in [0, 0.05) is 18.4 Å². The number of carbonyl (C=O) groups excluding carboxylic acids is 1. The van der Waals surface area contributed by atoms with E-state index < -0.39 is 0 Å². The zero-order chi connectivity index (χ0) is 24.2. The molecule has 0 amide bonds. The lowest BCUT2D eigenvalue weighted by molar-refractivity contribution is -0.117. The second-order valence-corrected chi connectivity index (χ2v) is 8.01. The highest BCUT2D eigenvalue weighted by Crippen LogP contribution is 2.21. The number of halogens is 1. The molecule has 1 N–H and O–H groups in total. The van der Waals surface area contributed by atoms with Crippen LogP contribution in [0.4, 0.5) is 16.0 Å². The Kier molecular flexibility index (Phi) is 5.97. The number of nitrogens with one attached hydrogen (secondary N) is 1. The Morgan fingerprint density at radius 3 is 2.37 bits per heavy atom. The normalized spacial score (nSPS) is 10.7. The molecule has 0 aliphatic heterocycles. The fourth-order valence-corrected chi connectivity index (χ4v) is 3.72. The first-order chi connectivity index (χ1) is 17.1. The maximum Gasteiger partial charge on any atom is 0.247 e. The Morgan fingerprint density at radius 2 is 1.66 bits per heavy atom. The average molecular weight is 462 g/mol. The number of ketones is 1. The molecule has 35 heavy (non-hydrogen) atoms. The minimum atomic E-state index is -0.314. The summed E-state index contributed by atoms with van der Waals surface area (Å²) in [6.07, 6.45) is 3.97. The van der Waals surface area contributed by atoms with Gasteiger partial charge in [-0.1, -0.05) is 48.5 Å². The number of carbonyl (C=O) groups is 1. The molecular formula is C27H19FN6O. The van der Waals surface area contributed by atoms with Gasteiger partial charge in [-0.25, -0.2) is 8.91 Å². The molecule has 0 unspecified atom stereocenters. The van der Waals surface area contributed by atoms with Crippen molar-refractivity contribution in [2.24, 2.45) is 0 Å². The number of rotatable bonds is 7. The highest BCUT2D eigenvalue weighted by molar-refractivity contribution is 5.83. The molecule has 0 spiro atoms. The lowest BCUT2D eigenvalue weighted by Crippen LogP contribution is -2.06. The number of fused-ring (bicyclic) bond motifs is 1. The number of Topliss-reactive ketones (excluding diaryl/α,β-unsaturated/α-hetero) is 1. The molecule has 5 aromatic rings.